The number of para-hydroxylation sites is 1. The fourth-order valence-corrected chi connectivity index (χ4v) is 4.03. The normalized spacial score (nSPS) is 19.6. The lowest BCUT2D eigenvalue weighted by atomic mass is 9.90. The minimum absolute atomic E-state index is 0.0634. The van der Waals surface area contributed by atoms with E-state index in [4.69, 9.17) is 4.74 Å². The molecule has 1 N–H and O–H groups in total. The number of ketones is 1. The number of likely N-dealkylation sites (tertiary alicyclic amines) is 1. The molecule has 3 heteroatoms. The van der Waals surface area contributed by atoms with Crippen LogP contribution in [0.4, 0.5) is 0 Å². The van der Waals surface area contributed by atoms with Gasteiger partial charge in [0.2, 0.25) is 0 Å². The predicted octanol–water partition coefficient (Wildman–Crippen LogP) is 3.59. The molecular formula is C24H32NO2+. The van der Waals surface area contributed by atoms with Crippen molar-refractivity contribution in [3.63, 3.8) is 0 Å². The van der Waals surface area contributed by atoms with Gasteiger partial charge >= 0.3 is 0 Å². The lowest BCUT2D eigenvalue weighted by Crippen LogP contribution is -3.13. The smallest absolute Gasteiger partial charge is 0.163 e. The first-order chi connectivity index (χ1) is 13.2. The Morgan fingerprint density at radius 2 is 1.70 bits per heavy atom. The van der Waals surface area contributed by atoms with Crippen molar-refractivity contribution in [3.05, 3.63) is 65.7 Å². The van der Waals surface area contributed by atoms with Crippen LogP contribution in [0.3, 0.4) is 0 Å². The maximum Gasteiger partial charge on any atom is 0.163 e. The quantitative estimate of drug-likeness (QED) is 0.543. The summed E-state index contributed by atoms with van der Waals surface area (Å²) < 4.78 is 5.84. The van der Waals surface area contributed by atoms with E-state index in [1.54, 1.807) is 11.8 Å². The molecule has 1 saturated heterocycles. The summed E-state index contributed by atoms with van der Waals surface area (Å²) in [5.74, 6) is 1.63. The first kappa shape index (κ1) is 19.6. The van der Waals surface area contributed by atoms with Gasteiger partial charge in [0.15, 0.2) is 5.78 Å². The van der Waals surface area contributed by atoms with E-state index in [1.807, 2.05) is 24.3 Å². The zero-order chi connectivity index (χ0) is 18.9. The van der Waals surface area contributed by atoms with Crippen LogP contribution in [0.1, 0.15) is 48.5 Å². The maximum atomic E-state index is 11.6. The van der Waals surface area contributed by atoms with E-state index in [2.05, 4.69) is 30.3 Å². The molecule has 3 nitrogen and oxygen atoms in total. The summed E-state index contributed by atoms with van der Waals surface area (Å²) in [4.78, 5) is 13.4. The third-order valence-corrected chi connectivity index (χ3v) is 5.63. The molecule has 2 aromatic rings. The number of hydrogen-bond donors (Lipinski definition) is 1. The van der Waals surface area contributed by atoms with Gasteiger partial charge in [-0.1, -0.05) is 42.5 Å². The Morgan fingerprint density at radius 3 is 2.44 bits per heavy atom. The van der Waals surface area contributed by atoms with E-state index in [9.17, 15) is 4.79 Å². The molecule has 0 spiro atoms. The highest BCUT2D eigenvalue weighted by Gasteiger charge is 2.21. The zero-order valence-electron chi connectivity index (χ0n) is 16.5. The van der Waals surface area contributed by atoms with Crippen LogP contribution in [0.25, 0.3) is 0 Å². The van der Waals surface area contributed by atoms with Crippen LogP contribution in [0.2, 0.25) is 0 Å². The predicted molar refractivity (Wildman–Crippen MR) is 110 cm³/mol. The van der Waals surface area contributed by atoms with Crippen LogP contribution in [-0.4, -0.2) is 32.0 Å². The second-order valence-electron chi connectivity index (χ2n) is 7.74. The average molecular weight is 367 g/mol. The number of ether oxygens (including phenoxy) is 1. The molecule has 1 fully saturated rings. The van der Waals surface area contributed by atoms with Crippen LogP contribution in [0.5, 0.6) is 5.75 Å². The van der Waals surface area contributed by atoms with Crippen molar-refractivity contribution >= 4 is 5.78 Å². The summed E-state index contributed by atoms with van der Waals surface area (Å²) in [5.41, 5.74) is 2.16. The molecule has 27 heavy (non-hydrogen) atoms. The van der Waals surface area contributed by atoms with Crippen molar-refractivity contribution < 1.29 is 14.4 Å². The highest BCUT2D eigenvalue weighted by Crippen LogP contribution is 2.19. The highest BCUT2D eigenvalue weighted by atomic mass is 16.5. The average Bonchev–Trinajstić information content (AvgIpc) is 2.70. The van der Waals surface area contributed by atoms with E-state index in [-0.39, 0.29) is 5.78 Å². The lowest BCUT2D eigenvalue weighted by molar-refractivity contribution is -0.906. The van der Waals surface area contributed by atoms with Crippen molar-refractivity contribution in [2.75, 3.05) is 26.2 Å². The van der Waals surface area contributed by atoms with Crippen molar-refractivity contribution in [1.82, 2.24) is 0 Å². The van der Waals surface area contributed by atoms with Gasteiger partial charge in [-0.25, -0.2) is 0 Å². The standard InChI is InChI=1S/C24H31NO2/c1-20(26)23-11-5-6-12-24(23)27-18-8-7-15-25-16-13-22(14-17-25)19-21-9-3-2-4-10-21/h2-6,9-12,22H,7-8,13-19H2,1H3/p+1. The van der Waals surface area contributed by atoms with E-state index >= 15 is 0 Å². The Bertz CT molecular complexity index is 705. The SMILES string of the molecule is CC(=O)c1ccccc1OCCCC[NH+]1CCC(Cc2ccccc2)CC1. The summed E-state index contributed by atoms with van der Waals surface area (Å²) in [6.45, 7) is 6.11. The number of hydrogen-bond acceptors (Lipinski definition) is 2. The van der Waals surface area contributed by atoms with E-state index < -0.39 is 0 Å². The zero-order valence-corrected chi connectivity index (χ0v) is 16.5. The molecule has 0 aromatic heterocycles. The third-order valence-electron chi connectivity index (χ3n) is 5.63. The fraction of sp³-hybridized carbons (Fsp3) is 0.458. The number of benzene rings is 2. The summed E-state index contributed by atoms with van der Waals surface area (Å²) in [6, 6.07) is 18.4. The summed E-state index contributed by atoms with van der Waals surface area (Å²) in [5, 5.41) is 0. The Balaban J connectivity index is 1.30. The van der Waals surface area contributed by atoms with Crippen LogP contribution >= 0.6 is 0 Å². The van der Waals surface area contributed by atoms with Gasteiger partial charge in [0, 0.05) is 0 Å². The number of carbonyl (C=O) groups is 1. The van der Waals surface area contributed by atoms with Crippen LogP contribution in [0.15, 0.2) is 54.6 Å². The molecule has 0 aliphatic carbocycles. The van der Waals surface area contributed by atoms with Gasteiger partial charge in [-0.3, -0.25) is 4.79 Å². The molecule has 0 saturated carbocycles. The van der Waals surface area contributed by atoms with Gasteiger partial charge in [-0.05, 0) is 62.6 Å². The molecular weight excluding hydrogens is 334 g/mol. The number of quaternary nitrogens is 1. The summed E-state index contributed by atoms with van der Waals surface area (Å²) in [6.07, 6.45) is 6.14. The molecule has 1 heterocycles. The Labute approximate surface area is 163 Å². The van der Waals surface area contributed by atoms with E-state index in [0.717, 1.165) is 18.1 Å². The number of unbranched alkanes of at least 4 members (excludes halogenated alkanes) is 1. The first-order valence-electron chi connectivity index (χ1n) is 10.3. The molecule has 2 aromatic carbocycles. The molecule has 1 aliphatic rings. The van der Waals surface area contributed by atoms with Gasteiger partial charge < -0.3 is 9.64 Å². The van der Waals surface area contributed by atoms with Crippen molar-refractivity contribution in [1.29, 1.82) is 0 Å². The van der Waals surface area contributed by atoms with Crippen molar-refractivity contribution in [2.24, 2.45) is 5.92 Å². The van der Waals surface area contributed by atoms with Crippen LogP contribution in [-0.2, 0) is 6.42 Å². The Hall–Kier alpha value is -2.13. The van der Waals surface area contributed by atoms with Gasteiger partial charge in [0.05, 0.1) is 31.8 Å². The molecule has 0 amide bonds. The first-order valence-corrected chi connectivity index (χ1v) is 10.3. The Morgan fingerprint density at radius 1 is 1.00 bits per heavy atom. The van der Waals surface area contributed by atoms with Gasteiger partial charge in [-0.2, -0.15) is 0 Å². The molecule has 3 rings (SSSR count). The van der Waals surface area contributed by atoms with Crippen LogP contribution in [0, 0.1) is 5.92 Å². The number of Topliss-reactive ketones (excluding diaryl/α,β-unsaturated/α-hetero) is 1. The second kappa shape index (κ2) is 10.3. The summed E-state index contributed by atoms with van der Waals surface area (Å²) in [7, 11) is 0. The molecule has 144 valence electrons. The lowest BCUT2D eigenvalue weighted by Gasteiger charge is -2.29. The van der Waals surface area contributed by atoms with E-state index in [1.165, 1.54) is 50.9 Å². The minimum Gasteiger partial charge on any atom is -0.493 e. The van der Waals surface area contributed by atoms with Crippen LogP contribution < -0.4 is 9.64 Å². The monoisotopic (exact) mass is 366 g/mol. The summed E-state index contributed by atoms with van der Waals surface area (Å²) >= 11 is 0. The largest absolute Gasteiger partial charge is 0.493 e. The molecule has 0 unspecified atom stereocenters. The molecule has 0 bridgehead atoms. The number of rotatable bonds is 9. The fourth-order valence-electron chi connectivity index (χ4n) is 4.03. The third kappa shape index (κ3) is 6.21. The topological polar surface area (TPSA) is 30.7 Å². The minimum atomic E-state index is 0.0634. The second-order valence-corrected chi connectivity index (χ2v) is 7.74. The van der Waals surface area contributed by atoms with Gasteiger partial charge in [-0.15, -0.1) is 0 Å². The van der Waals surface area contributed by atoms with Gasteiger partial charge in [0.1, 0.15) is 5.75 Å². The van der Waals surface area contributed by atoms with Gasteiger partial charge in [0.25, 0.3) is 0 Å². The number of nitrogens with one attached hydrogen (secondary N) is 1. The molecule has 0 atom stereocenters. The van der Waals surface area contributed by atoms with Crippen molar-refractivity contribution in [3.8, 4) is 5.75 Å². The Kier molecular flexibility index (Phi) is 7.46. The number of piperidine rings is 1. The van der Waals surface area contributed by atoms with Crippen molar-refractivity contribution in [2.45, 2.75) is 39.0 Å². The molecule has 0 radical (unpaired) electrons. The number of carbonyl (C=O) groups excluding carboxylic acids is 1. The maximum absolute atomic E-state index is 11.6. The van der Waals surface area contributed by atoms with E-state index in [0.29, 0.717) is 12.2 Å². The highest BCUT2D eigenvalue weighted by molar-refractivity contribution is 5.96. The molecule has 1 aliphatic heterocycles.